The van der Waals surface area contributed by atoms with Gasteiger partial charge in [0.25, 0.3) is 10.0 Å². The standard InChI is InChI=1S/C13H20N2O2S/c1-11-7-9-13(10-8-11)18(16,17)15-14-12-5-3-2-4-6-12/h7-10,12,14-15H,2-6H2,1H3. The molecule has 0 aliphatic heterocycles. The van der Waals surface area contributed by atoms with Gasteiger partial charge in [-0.2, -0.15) is 0 Å². The predicted molar refractivity (Wildman–Crippen MR) is 71.5 cm³/mol. The van der Waals surface area contributed by atoms with E-state index in [9.17, 15) is 8.42 Å². The minimum Gasteiger partial charge on any atom is -0.241 e. The summed E-state index contributed by atoms with van der Waals surface area (Å²) >= 11 is 0. The summed E-state index contributed by atoms with van der Waals surface area (Å²) in [6, 6.07) is 7.11. The van der Waals surface area contributed by atoms with E-state index in [1.165, 1.54) is 19.3 Å². The summed E-state index contributed by atoms with van der Waals surface area (Å²) in [5.41, 5.74) is 3.99. The average Bonchev–Trinajstić information content (AvgIpc) is 2.38. The molecule has 1 aliphatic rings. The van der Waals surface area contributed by atoms with Crippen molar-refractivity contribution in [1.82, 2.24) is 10.3 Å². The lowest BCUT2D eigenvalue weighted by atomic mass is 9.96. The molecular weight excluding hydrogens is 248 g/mol. The van der Waals surface area contributed by atoms with Crippen LogP contribution in [0.3, 0.4) is 0 Å². The number of hydrazine groups is 1. The quantitative estimate of drug-likeness (QED) is 0.822. The number of hydrogen-bond acceptors (Lipinski definition) is 3. The van der Waals surface area contributed by atoms with Crippen LogP contribution < -0.4 is 10.3 Å². The van der Waals surface area contributed by atoms with Gasteiger partial charge in [-0.15, -0.1) is 4.83 Å². The summed E-state index contributed by atoms with van der Waals surface area (Å²) < 4.78 is 24.0. The highest BCUT2D eigenvalue weighted by Crippen LogP contribution is 2.17. The summed E-state index contributed by atoms with van der Waals surface area (Å²) in [6.45, 7) is 1.93. The van der Waals surface area contributed by atoms with Crippen LogP contribution in [-0.2, 0) is 10.0 Å². The molecule has 1 saturated carbocycles. The molecule has 0 radical (unpaired) electrons. The Morgan fingerprint density at radius 3 is 2.28 bits per heavy atom. The topological polar surface area (TPSA) is 58.2 Å². The molecule has 1 fully saturated rings. The number of nitrogens with one attached hydrogen (secondary N) is 2. The summed E-state index contributed by atoms with van der Waals surface area (Å²) in [5, 5.41) is 0. The Balaban J connectivity index is 1.96. The molecular formula is C13H20N2O2S. The third-order valence-electron chi connectivity index (χ3n) is 3.33. The highest BCUT2D eigenvalue weighted by atomic mass is 32.2. The molecule has 0 heterocycles. The molecule has 1 aromatic rings. The van der Waals surface area contributed by atoms with Gasteiger partial charge in [0.15, 0.2) is 0 Å². The molecule has 0 amide bonds. The van der Waals surface area contributed by atoms with E-state index in [0.717, 1.165) is 18.4 Å². The van der Waals surface area contributed by atoms with Gasteiger partial charge in [0.2, 0.25) is 0 Å². The number of hydrogen-bond donors (Lipinski definition) is 2. The van der Waals surface area contributed by atoms with Crippen LogP contribution in [0.1, 0.15) is 37.7 Å². The van der Waals surface area contributed by atoms with Crippen LogP contribution in [0, 0.1) is 6.92 Å². The van der Waals surface area contributed by atoms with Gasteiger partial charge in [-0.1, -0.05) is 37.0 Å². The van der Waals surface area contributed by atoms with Gasteiger partial charge in [-0.25, -0.2) is 13.8 Å². The Morgan fingerprint density at radius 1 is 1.06 bits per heavy atom. The molecule has 0 spiro atoms. The van der Waals surface area contributed by atoms with Crippen LogP contribution in [0.5, 0.6) is 0 Å². The van der Waals surface area contributed by atoms with Gasteiger partial charge >= 0.3 is 0 Å². The Hall–Kier alpha value is -0.910. The zero-order valence-electron chi connectivity index (χ0n) is 10.6. The lowest BCUT2D eigenvalue weighted by molar-refractivity contribution is 0.361. The minimum absolute atomic E-state index is 0.263. The van der Waals surface area contributed by atoms with Crippen LogP contribution in [0.15, 0.2) is 29.2 Å². The van der Waals surface area contributed by atoms with E-state index in [1.807, 2.05) is 6.92 Å². The highest BCUT2D eigenvalue weighted by Gasteiger charge is 2.17. The number of benzene rings is 1. The summed E-state index contributed by atoms with van der Waals surface area (Å²) in [5.74, 6) is 0. The molecule has 1 aliphatic carbocycles. The first-order valence-electron chi connectivity index (χ1n) is 6.42. The smallest absolute Gasteiger partial charge is 0.241 e. The van der Waals surface area contributed by atoms with Crippen molar-refractivity contribution in [2.45, 2.75) is 50.0 Å². The first-order chi connectivity index (χ1) is 8.58. The Kier molecular flexibility index (Phi) is 4.37. The highest BCUT2D eigenvalue weighted by molar-refractivity contribution is 7.89. The van der Waals surface area contributed by atoms with Crippen molar-refractivity contribution in [1.29, 1.82) is 0 Å². The molecule has 18 heavy (non-hydrogen) atoms. The van der Waals surface area contributed by atoms with Crippen molar-refractivity contribution in [2.75, 3.05) is 0 Å². The van der Waals surface area contributed by atoms with Crippen molar-refractivity contribution in [3.8, 4) is 0 Å². The molecule has 5 heteroatoms. The maximum absolute atomic E-state index is 12.0. The van der Waals surface area contributed by atoms with E-state index in [-0.39, 0.29) is 6.04 Å². The first kappa shape index (κ1) is 13.5. The number of rotatable bonds is 4. The van der Waals surface area contributed by atoms with E-state index < -0.39 is 10.0 Å². The lowest BCUT2D eigenvalue weighted by Crippen LogP contribution is -2.44. The average molecular weight is 268 g/mol. The summed E-state index contributed by atoms with van der Waals surface area (Å²) in [7, 11) is -3.44. The maximum atomic E-state index is 12.0. The SMILES string of the molecule is Cc1ccc(S(=O)(=O)NNC2CCCCC2)cc1. The largest absolute Gasteiger partial charge is 0.253 e. The molecule has 0 saturated heterocycles. The van der Waals surface area contributed by atoms with Gasteiger partial charge in [0.05, 0.1) is 4.90 Å². The third-order valence-corrected chi connectivity index (χ3v) is 4.61. The van der Waals surface area contributed by atoms with E-state index >= 15 is 0 Å². The van der Waals surface area contributed by atoms with Gasteiger partial charge in [-0.05, 0) is 31.9 Å². The molecule has 100 valence electrons. The van der Waals surface area contributed by atoms with Crippen molar-refractivity contribution in [3.63, 3.8) is 0 Å². The molecule has 0 aromatic heterocycles. The maximum Gasteiger partial charge on any atom is 0.253 e. The minimum atomic E-state index is -3.44. The number of sulfonamides is 1. The number of aryl methyl sites for hydroxylation is 1. The Labute approximate surface area is 109 Å². The molecule has 1 aromatic carbocycles. The van der Waals surface area contributed by atoms with Crippen LogP contribution >= 0.6 is 0 Å². The van der Waals surface area contributed by atoms with E-state index in [0.29, 0.717) is 4.90 Å². The lowest BCUT2D eigenvalue weighted by Gasteiger charge is -2.22. The molecule has 0 bridgehead atoms. The zero-order chi connectivity index (χ0) is 13.0. The third kappa shape index (κ3) is 3.54. The van der Waals surface area contributed by atoms with Crippen LogP contribution in [0.4, 0.5) is 0 Å². The van der Waals surface area contributed by atoms with Gasteiger partial charge in [0.1, 0.15) is 0 Å². The summed E-state index contributed by atoms with van der Waals surface area (Å²) in [6.07, 6.45) is 5.67. The van der Waals surface area contributed by atoms with E-state index in [4.69, 9.17) is 0 Å². The fraction of sp³-hybridized carbons (Fsp3) is 0.538. The van der Waals surface area contributed by atoms with Crippen LogP contribution in [-0.4, -0.2) is 14.5 Å². The second kappa shape index (κ2) is 5.82. The molecule has 4 nitrogen and oxygen atoms in total. The monoisotopic (exact) mass is 268 g/mol. The predicted octanol–water partition coefficient (Wildman–Crippen LogP) is 2.11. The zero-order valence-corrected chi connectivity index (χ0v) is 11.5. The van der Waals surface area contributed by atoms with Crippen molar-refractivity contribution in [3.05, 3.63) is 29.8 Å². The normalized spacial score (nSPS) is 17.8. The van der Waals surface area contributed by atoms with Crippen LogP contribution in [0.2, 0.25) is 0 Å². The van der Waals surface area contributed by atoms with Gasteiger partial charge < -0.3 is 0 Å². The first-order valence-corrected chi connectivity index (χ1v) is 7.90. The molecule has 2 rings (SSSR count). The molecule has 2 N–H and O–H groups in total. The van der Waals surface area contributed by atoms with Crippen LogP contribution in [0.25, 0.3) is 0 Å². The van der Waals surface area contributed by atoms with Crippen molar-refractivity contribution in [2.24, 2.45) is 0 Å². The van der Waals surface area contributed by atoms with Crippen molar-refractivity contribution >= 4 is 10.0 Å². The fourth-order valence-corrected chi connectivity index (χ4v) is 3.12. The van der Waals surface area contributed by atoms with E-state index in [2.05, 4.69) is 10.3 Å². The Morgan fingerprint density at radius 2 is 1.67 bits per heavy atom. The molecule has 0 unspecified atom stereocenters. The second-order valence-corrected chi connectivity index (χ2v) is 6.58. The molecule has 0 atom stereocenters. The van der Waals surface area contributed by atoms with Gasteiger partial charge in [-0.3, -0.25) is 0 Å². The van der Waals surface area contributed by atoms with Crippen molar-refractivity contribution < 1.29 is 8.42 Å². The summed E-state index contributed by atoms with van der Waals surface area (Å²) in [4.78, 5) is 2.79. The second-order valence-electron chi connectivity index (χ2n) is 4.90. The van der Waals surface area contributed by atoms with E-state index in [1.54, 1.807) is 24.3 Å². The fourth-order valence-electron chi connectivity index (χ4n) is 2.18. The van der Waals surface area contributed by atoms with Gasteiger partial charge in [0, 0.05) is 6.04 Å². The Bertz CT molecular complexity index is 476.